The van der Waals surface area contributed by atoms with Crippen molar-refractivity contribution in [1.29, 1.82) is 0 Å². The van der Waals surface area contributed by atoms with Crippen molar-refractivity contribution in [2.45, 2.75) is 33.2 Å². The number of methoxy groups -OCH3 is 1. The minimum atomic E-state index is -0.712. The van der Waals surface area contributed by atoms with Crippen molar-refractivity contribution < 1.29 is 23.8 Å². The molecule has 0 saturated carbocycles. The molecular weight excluding hydrogens is 360 g/mol. The molecule has 0 aromatic heterocycles. The second-order valence-electron chi connectivity index (χ2n) is 5.67. The lowest BCUT2D eigenvalue weighted by Crippen LogP contribution is -2.45. The van der Waals surface area contributed by atoms with Crippen LogP contribution in [-0.4, -0.2) is 32.3 Å². The largest absolute Gasteiger partial charge is 0.491 e. The Bertz CT molecular complexity index is 733. The van der Waals surface area contributed by atoms with Crippen molar-refractivity contribution in [3.63, 3.8) is 0 Å². The van der Waals surface area contributed by atoms with E-state index in [4.69, 9.17) is 25.8 Å². The molecule has 1 heterocycles. The molecule has 1 atom stereocenters. The molecule has 2 N–H and O–H groups in total. The summed E-state index contributed by atoms with van der Waals surface area (Å²) in [4.78, 5) is 24.5. The summed E-state index contributed by atoms with van der Waals surface area (Å²) >= 11 is 6.31. The number of benzene rings is 1. The van der Waals surface area contributed by atoms with Gasteiger partial charge in [-0.3, -0.25) is 0 Å². The molecule has 142 valence electrons. The number of hydrogen-bond donors (Lipinski definition) is 2. The van der Waals surface area contributed by atoms with Crippen molar-refractivity contribution in [3.8, 4) is 11.5 Å². The highest BCUT2D eigenvalue weighted by Gasteiger charge is 2.33. The van der Waals surface area contributed by atoms with Crippen LogP contribution < -0.4 is 20.1 Å². The second-order valence-corrected chi connectivity index (χ2v) is 6.08. The number of rotatable bonds is 7. The third kappa shape index (κ3) is 4.22. The number of amides is 2. The van der Waals surface area contributed by atoms with E-state index in [0.717, 1.165) is 0 Å². The molecule has 26 heavy (non-hydrogen) atoms. The molecule has 0 aliphatic carbocycles. The van der Waals surface area contributed by atoms with E-state index in [1.807, 2.05) is 13.8 Å². The van der Waals surface area contributed by atoms with Crippen LogP contribution in [0, 0.1) is 0 Å². The van der Waals surface area contributed by atoms with Gasteiger partial charge in [-0.1, -0.05) is 18.5 Å². The van der Waals surface area contributed by atoms with Crippen LogP contribution in [0.3, 0.4) is 0 Å². The summed E-state index contributed by atoms with van der Waals surface area (Å²) in [5.74, 6) is 0.337. The van der Waals surface area contributed by atoms with E-state index in [1.165, 1.54) is 7.11 Å². The molecule has 1 aromatic rings. The van der Waals surface area contributed by atoms with E-state index >= 15 is 0 Å². The lowest BCUT2D eigenvalue weighted by atomic mass is 9.95. The minimum Gasteiger partial charge on any atom is -0.491 e. The summed E-state index contributed by atoms with van der Waals surface area (Å²) in [5.41, 5.74) is 1.35. The smallest absolute Gasteiger partial charge is 0.338 e. The van der Waals surface area contributed by atoms with Gasteiger partial charge in [-0.25, -0.2) is 9.59 Å². The van der Waals surface area contributed by atoms with E-state index in [9.17, 15) is 9.59 Å². The van der Waals surface area contributed by atoms with Crippen LogP contribution in [0.25, 0.3) is 0 Å². The van der Waals surface area contributed by atoms with Crippen LogP contribution in [0.2, 0.25) is 5.02 Å². The molecule has 0 spiro atoms. The highest BCUT2D eigenvalue weighted by Crippen LogP contribution is 2.40. The van der Waals surface area contributed by atoms with E-state index in [-0.39, 0.29) is 0 Å². The Morgan fingerprint density at radius 2 is 2.04 bits per heavy atom. The van der Waals surface area contributed by atoms with Gasteiger partial charge in [-0.2, -0.15) is 0 Å². The molecule has 0 bridgehead atoms. The zero-order valence-electron chi connectivity index (χ0n) is 15.3. The first-order valence-corrected chi connectivity index (χ1v) is 8.76. The van der Waals surface area contributed by atoms with Crippen LogP contribution in [0.15, 0.2) is 23.4 Å². The molecule has 2 rings (SSSR count). The quantitative estimate of drug-likeness (QED) is 0.706. The number of allylic oxidation sites excluding steroid dienone is 1. The highest BCUT2D eigenvalue weighted by molar-refractivity contribution is 6.32. The van der Waals surface area contributed by atoms with Gasteiger partial charge in [0, 0.05) is 5.70 Å². The summed E-state index contributed by atoms with van der Waals surface area (Å²) in [5, 5.41) is 5.66. The van der Waals surface area contributed by atoms with Gasteiger partial charge in [-0.05, 0) is 38.0 Å². The fraction of sp³-hybridized carbons (Fsp3) is 0.444. The van der Waals surface area contributed by atoms with E-state index in [0.29, 0.717) is 53.0 Å². The number of hydrogen-bond acceptors (Lipinski definition) is 5. The predicted octanol–water partition coefficient (Wildman–Crippen LogP) is 3.33. The average Bonchev–Trinajstić information content (AvgIpc) is 2.59. The number of halogens is 1. The first-order chi connectivity index (χ1) is 12.4. The molecule has 1 aromatic carbocycles. The number of ether oxygens (including phenoxy) is 3. The van der Waals surface area contributed by atoms with Crippen LogP contribution >= 0.6 is 11.6 Å². The number of carbonyl (C=O) groups excluding carboxylic acids is 2. The highest BCUT2D eigenvalue weighted by atomic mass is 35.5. The summed E-state index contributed by atoms with van der Waals surface area (Å²) in [6.07, 6.45) is 0.700. The Kier molecular flexibility index (Phi) is 6.74. The summed E-state index contributed by atoms with van der Waals surface area (Å²) in [7, 11) is 1.49. The lowest BCUT2D eigenvalue weighted by Gasteiger charge is -2.28. The van der Waals surface area contributed by atoms with Crippen LogP contribution in [-0.2, 0) is 9.53 Å². The first-order valence-electron chi connectivity index (χ1n) is 8.38. The molecule has 8 heteroatoms. The zero-order chi connectivity index (χ0) is 19.3. The van der Waals surface area contributed by atoms with Gasteiger partial charge >= 0.3 is 12.0 Å². The minimum absolute atomic E-state index is 0.295. The summed E-state index contributed by atoms with van der Waals surface area (Å²) in [6, 6.07) is 2.21. The fourth-order valence-electron chi connectivity index (χ4n) is 2.70. The van der Waals surface area contributed by atoms with E-state index < -0.39 is 18.0 Å². The topological polar surface area (TPSA) is 85.9 Å². The Morgan fingerprint density at radius 3 is 2.65 bits per heavy atom. The molecule has 1 aliphatic rings. The SMILES string of the molecule is CCCOC(=O)C1=C(C)NC(=O)NC1c1cc(Cl)c(OC)c(OCC)c1. The van der Waals surface area contributed by atoms with Gasteiger partial charge in [0.1, 0.15) is 0 Å². The summed E-state index contributed by atoms with van der Waals surface area (Å²) in [6.45, 7) is 6.11. The Balaban J connectivity index is 2.50. The van der Waals surface area contributed by atoms with Gasteiger partial charge in [0.25, 0.3) is 0 Å². The third-order valence-corrected chi connectivity index (χ3v) is 4.08. The van der Waals surface area contributed by atoms with Crippen molar-refractivity contribution in [2.75, 3.05) is 20.3 Å². The molecule has 0 fully saturated rings. The van der Waals surface area contributed by atoms with E-state index in [2.05, 4.69) is 10.6 Å². The predicted molar refractivity (Wildman–Crippen MR) is 97.5 cm³/mol. The van der Waals surface area contributed by atoms with Gasteiger partial charge in [0.05, 0.1) is 37.0 Å². The maximum atomic E-state index is 12.5. The fourth-order valence-corrected chi connectivity index (χ4v) is 3.00. The normalized spacial score (nSPS) is 16.7. The monoisotopic (exact) mass is 382 g/mol. The first kappa shape index (κ1) is 19.9. The number of urea groups is 1. The molecule has 0 saturated heterocycles. The Hall–Kier alpha value is -2.41. The Morgan fingerprint density at radius 1 is 1.31 bits per heavy atom. The lowest BCUT2D eigenvalue weighted by molar-refractivity contribution is -0.139. The van der Waals surface area contributed by atoms with Crippen molar-refractivity contribution in [3.05, 3.63) is 34.0 Å². The van der Waals surface area contributed by atoms with Gasteiger partial charge < -0.3 is 24.8 Å². The molecule has 2 amide bonds. The standard InChI is InChI=1S/C18H23ClN2O5/c1-5-7-26-17(22)14-10(3)20-18(23)21-15(14)11-8-12(19)16(24-4)13(9-11)25-6-2/h8-9,15H,5-7H2,1-4H3,(H2,20,21,23). The summed E-state index contributed by atoms with van der Waals surface area (Å²) < 4.78 is 16.1. The number of esters is 1. The number of carbonyl (C=O) groups is 2. The number of nitrogens with one attached hydrogen (secondary N) is 2. The van der Waals surface area contributed by atoms with Crippen molar-refractivity contribution >= 4 is 23.6 Å². The molecule has 1 unspecified atom stereocenters. The third-order valence-electron chi connectivity index (χ3n) is 3.80. The molecular formula is C18H23ClN2O5. The zero-order valence-corrected chi connectivity index (χ0v) is 16.0. The van der Waals surface area contributed by atoms with Crippen molar-refractivity contribution in [2.24, 2.45) is 0 Å². The molecule has 1 aliphatic heterocycles. The van der Waals surface area contributed by atoms with Gasteiger partial charge in [0.15, 0.2) is 11.5 Å². The van der Waals surface area contributed by atoms with Gasteiger partial charge in [0.2, 0.25) is 0 Å². The second kappa shape index (κ2) is 8.80. The van der Waals surface area contributed by atoms with Crippen LogP contribution in [0.4, 0.5) is 4.79 Å². The van der Waals surface area contributed by atoms with Gasteiger partial charge in [-0.15, -0.1) is 0 Å². The maximum Gasteiger partial charge on any atom is 0.338 e. The molecule has 7 nitrogen and oxygen atoms in total. The molecule has 0 radical (unpaired) electrons. The van der Waals surface area contributed by atoms with Crippen LogP contribution in [0.1, 0.15) is 38.8 Å². The van der Waals surface area contributed by atoms with Crippen molar-refractivity contribution in [1.82, 2.24) is 10.6 Å². The van der Waals surface area contributed by atoms with Crippen LogP contribution in [0.5, 0.6) is 11.5 Å². The maximum absolute atomic E-state index is 12.5. The Labute approximate surface area is 157 Å². The van der Waals surface area contributed by atoms with E-state index in [1.54, 1.807) is 19.1 Å². The average molecular weight is 383 g/mol.